The second-order valence-corrected chi connectivity index (χ2v) is 5.04. The Hall–Kier alpha value is -2.24. The molecule has 122 valence electrons. The maximum absolute atomic E-state index is 12.0. The number of hydrogen-bond donors (Lipinski definition) is 2. The zero-order valence-electron chi connectivity index (χ0n) is 13.3. The number of anilines is 1. The number of ether oxygens (including phenoxy) is 1. The van der Waals surface area contributed by atoms with Gasteiger partial charge in [0.05, 0.1) is 13.7 Å². The number of hydrogen-bond acceptors (Lipinski definition) is 4. The van der Waals surface area contributed by atoms with Crippen LogP contribution in [0.4, 0.5) is 5.69 Å². The van der Waals surface area contributed by atoms with Crippen LogP contribution in [0.3, 0.4) is 0 Å². The van der Waals surface area contributed by atoms with Crippen molar-refractivity contribution in [2.24, 2.45) is 5.73 Å². The summed E-state index contributed by atoms with van der Waals surface area (Å²) in [5, 5.41) is 2.87. The van der Waals surface area contributed by atoms with Crippen LogP contribution in [0.15, 0.2) is 24.3 Å². The number of methoxy groups -OCH3 is 1. The minimum Gasteiger partial charge on any atom is -0.497 e. The molecule has 0 atom stereocenters. The summed E-state index contributed by atoms with van der Waals surface area (Å²) < 4.78 is 5.12. The zero-order chi connectivity index (χ0) is 16.4. The van der Waals surface area contributed by atoms with E-state index in [4.69, 9.17) is 10.5 Å². The van der Waals surface area contributed by atoms with Gasteiger partial charge in [-0.15, -0.1) is 0 Å². The molecule has 6 nitrogen and oxygen atoms in total. The molecule has 6 heteroatoms. The number of carbonyl (C=O) groups is 2. The minimum atomic E-state index is -0.384. The van der Waals surface area contributed by atoms with Crippen LogP contribution in [0.25, 0.3) is 0 Å². The van der Waals surface area contributed by atoms with Crippen LogP contribution in [0.2, 0.25) is 0 Å². The molecule has 0 aromatic heterocycles. The molecule has 1 rings (SSSR count). The first kappa shape index (κ1) is 17.8. The lowest BCUT2D eigenvalue weighted by Gasteiger charge is -2.24. The third-order valence-corrected chi connectivity index (χ3v) is 3.25. The lowest BCUT2D eigenvalue weighted by molar-refractivity contribution is -0.120. The third kappa shape index (κ3) is 6.47. The molecular formula is C16H25N3O3. The molecule has 3 N–H and O–H groups in total. The first-order valence-electron chi connectivity index (χ1n) is 7.50. The van der Waals surface area contributed by atoms with Gasteiger partial charge < -0.3 is 20.7 Å². The van der Waals surface area contributed by atoms with E-state index in [0.29, 0.717) is 13.1 Å². The van der Waals surface area contributed by atoms with Crippen molar-refractivity contribution < 1.29 is 14.3 Å². The van der Waals surface area contributed by atoms with E-state index in [2.05, 4.69) is 12.2 Å². The fraction of sp³-hybridized carbons (Fsp3) is 0.500. The summed E-state index contributed by atoms with van der Waals surface area (Å²) >= 11 is 0. The van der Waals surface area contributed by atoms with Crippen molar-refractivity contribution in [1.29, 1.82) is 0 Å². The predicted molar refractivity (Wildman–Crippen MR) is 86.9 cm³/mol. The Bertz CT molecular complexity index is 474. The third-order valence-electron chi connectivity index (χ3n) is 3.25. The van der Waals surface area contributed by atoms with Crippen molar-refractivity contribution in [2.75, 3.05) is 31.6 Å². The highest BCUT2D eigenvalue weighted by Gasteiger charge is 2.12. The summed E-state index contributed by atoms with van der Waals surface area (Å²) in [7, 11) is 1.60. The Balaban J connectivity index is 2.69. The van der Waals surface area contributed by atoms with Crippen LogP contribution in [0.5, 0.6) is 5.75 Å². The van der Waals surface area contributed by atoms with Crippen LogP contribution in [-0.2, 0) is 9.59 Å². The second-order valence-electron chi connectivity index (χ2n) is 5.04. The summed E-state index contributed by atoms with van der Waals surface area (Å²) in [6, 6.07) is 7.36. The van der Waals surface area contributed by atoms with E-state index in [1.165, 1.54) is 0 Å². The number of nitrogens with one attached hydrogen (secondary N) is 1. The Morgan fingerprint density at radius 1 is 1.27 bits per heavy atom. The van der Waals surface area contributed by atoms with E-state index >= 15 is 0 Å². The van der Waals surface area contributed by atoms with Crippen molar-refractivity contribution in [1.82, 2.24) is 5.32 Å². The van der Waals surface area contributed by atoms with Gasteiger partial charge in [-0.2, -0.15) is 0 Å². The number of amides is 2. The maximum Gasteiger partial charge on any atom is 0.239 e. The Morgan fingerprint density at radius 3 is 2.50 bits per heavy atom. The van der Waals surface area contributed by atoms with Crippen molar-refractivity contribution in [3.05, 3.63) is 24.3 Å². The van der Waals surface area contributed by atoms with Gasteiger partial charge >= 0.3 is 0 Å². The number of nitrogens with two attached hydrogens (primary N) is 1. The molecule has 0 heterocycles. The quantitative estimate of drug-likeness (QED) is 0.638. The van der Waals surface area contributed by atoms with Gasteiger partial charge in [-0.1, -0.05) is 13.3 Å². The van der Waals surface area contributed by atoms with Gasteiger partial charge in [0.15, 0.2) is 0 Å². The first-order chi connectivity index (χ1) is 10.6. The van der Waals surface area contributed by atoms with Crippen LogP contribution >= 0.6 is 0 Å². The van der Waals surface area contributed by atoms with Crippen molar-refractivity contribution in [3.8, 4) is 5.75 Å². The van der Waals surface area contributed by atoms with Crippen LogP contribution in [-0.4, -0.2) is 38.6 Å². The SMILES string of the molecule is CCCCNC(=O)CN(CCC(N)=O)c1ccc(OC)cc1. The van der Waals surface area contributed by atoms with Crippen molar-refractivity contribution >= 4 is 17.5 Å². The van der Waals surface area contributed by atoms with E-state index in [-0.39, 0.29) is 24.8 Å². The fourth-order valence-corrected chi connectivity index (χ4v) is 1.97. The average Bonchev–Trinajstić information content (AvgIpc) is 2.51. The molecule has 2 amide bonds. The summed E-state index contributed by atoms with van der Waals surface area (Å²) in [6.07, 6.45) is 2.19. The highest BCUT2D eigenvalue weighted by molar-refractivity contribution is 5.82. The predicted octanol–water partition coefficient (Wildman–Crippen LogP) is 1.29. The molecule has 0 fully saturated rings. The molecule has 22 heavy (non-hydrogen) atoms. The standard InChI is InChI=1S/C16H25N3O3/c1-3-4-10-18-16(21)12-19(11-9-15(17)20)13-5-7-14(22-2)8-6-13/h5-8H,3-4,9-12H2,1-2H3,(H2,17,20)(H,18,21). The molecular weight excluding hydrogens is 282 g/mol. The summed E-state index contributed by atoms with van der Waals surface area (Å²) in [5.41, 5.74) is 6.06. The molecule has 0 aliphatic rings. The highest BCUT2D eigenvalue weighted by atomic mass is 16.5. The molecule has 0 spiro atoms. The van der Waals surface area contributed by atoms with Crippen molar-refractivity contribution in [3.63, 3.8) is 0 Å². The number of nitrogens with zero attached hydrogens (tertiary/aromatic N) is 1. The molecule has 1 aromatic carbocycles. The van der Waals surface area contributed by atoms with Gasteiger partial charge in [0, 0.05) is 25.2 Å². The molecule has 0 saturated heterocycles. The fourth-order valence-electron chi connectivity index (χ4n) is 1.97. The molecule has 0 aliphatic heterocycles. The van der Waals surface area contributed by atoms with Crippen LogP contribution in [0, 0.1) is 0 Å². The van der Waals surface area contributed by atoms with Gasteiger partial charge in [0.25, 0.3) is 0 Å². The number of unbranched alkanes of at least 4 members (excludes halogenated alkanes) is 1. The van der Waals surface area contributed by atoms with E-state index in [1.54, 1.807) is 7.11 Å². The second kappa shape index (κ2) is 9.65. The van der Waals surface area contributed by atoms with E-state index in [1.807, 2.05) is 29.2 Å². The van der Waals surface area contributed by atoms with Crippen molar-refractivity contribution in [2.45, 2.75) is 26.2 Å². The molecule has 0 unspecified atom stereocenters. The average molecular weight is 307 g/mol. The normalized spacial score (nSPS) is 10.1. The van der Waals surface area contributed by atoms with Gasteiger partial charge in [-0.05, 0) is 30.7 Å². The van der Waals surface area contributed by atoms with E-state index in [0.717, 1.165) is 24.3 Å². The lowest BCUT2D eigenvalue weighted by Crippen LogP contribution is -2.39. The van der Waals surface area contributed by atoms with Gasteiger partial charge in [-0.25, -0.2) is 0 Å². The van der Waals surface area contributed by atoms with Gasteiger partial charge in [0.2, 0.25) is 11.8 Å². The van der Waals surface area contributed by atoms with Gasteiger partial charge in [0.1, 0.15) is 5.75 Å². The number of carbonyl (C=O) groups excluding carboxylic acids is 2. The van der Waals surface area contributed by atoms with E-state index in [9.17, 15) is 9.59 Å². The van der Waals surface area contributed by atoms with E-state index < -0.39 is 0 Å². The Labute approximate surface area is 131 Å². The lowest BCUT2D eigenvalue weighted by atomic mass is 10.2. The van der Waals surface area contributed by atoms with Crippen LogP contribution < -0.4 is 20.7 Å². The molecule has 0 radical (unpaired) electrons. The number of rotatable bonds is 10. The molecule has 0 bridgehead atoms. The van der Waals surface area contributed by atoms with Crippen LogP contribution in [0.1, 0.15) is 26.2 Å². The minimum absolute atomic E-state index is 0.0614. The maximum atomic E-state index is 12.0. The first-order valence-corrected chi connectivity index (χ1v) is 7.50. The Morgan fingerprint density at radius 2 is 1.95 bits per heavy atom. The molecule has 0 aliphatic carbocycles. The summed E-state index contributed by atoms with van der Waals surface area (Å²) in [5.74, 6) is 0.296. The summed E-state index contributed by atoms with van der Waals surface area (Å²) in [6.45, 7) is 3.34. The van der Waals surface area contributed by atoms with Gasteiger partial charge in [-0.3, -0.25) is 9.59 Å². The molecule has 0 saturated carbocycles. The number of benzene rings is 1. The summed E-state index contributed by atoms with van der Waals surface area (Å²) in [4.78, 5) is 24.8. The highest BCUT2D eigenvalue weighted by Crippen LogP contribution is 2.19. The number of primary amides is 1. The Kier molecular flexibility index (Phi) is 7.81. The largest absolute Gasteiger partial charge is 0.497 e. The molecule has 1 aromatic rings. The smallest absolute Gasteiger partial charge is 0.239 e. The topological polar surface area (TPSA) is 84.7 Å². The monoisotopic (exact) mass is 307 g/mol. The zero-order valence-corrected chi connectivity index (χ0v) is 13.3.